The minimum Gasteiger partial charge on any atom is -0.462 e. The Bertz CT molecular complexity index is 680. The largest absolute Gasteiger partial charge is 0.462 e. The minimum atomic E-state index is -0.620. The van der Waals surface area contributed by atoms with Crippen molar-refractivity contribution in [2.24, 2.45) is 0 Å². The summed E-state index contributed by atoms with van der Waals surface area (Å²) in [6.07, 6.45) is 4.02. The normalized spacial score (nSPS) is 10.4. The van der Waals surface area contributed by atoms with Crippen molar-refractivity contribution in [3.63, 3.8) is 0 Å². The predicted molar refractivity (Wildman–Crippen MR) is 78.0 cm³/mol. The molecular weight excluding hydrogens is 270 g/mol. The number of ether oxygens (including phenoxy) is 1. The topological polar surface area (TPSA) is 74.1 Å². The van der Waals surface area contributed by atoms with Crippen LogP contribution in [0.3, 0.4) is 0 Å². The molecule has 6 nitrogen and oxygen atoms in total. The smallest absolute Gasteiger partial charge is 0.343 e. The summed E-state index contributed by atoms with van der Waals surface area (Å²) in [4.78, 5) is 28.1. The Kier molecular flexibility index (Phi) is 4.81. The van der Waals surface area contributed by atoms with Gasteiger partial charge >= 0.3 is 5.97 Å². The zero-order valence-corrected chi connectivity index (χ0v) is 12.1. The van der Waals surface area contributed by atoms with Crippen LogP contribution in [0.1, 0.15) is 30.6 Å². The van der Waals surface area contributed by atoms with E-state index in [9.17, 15) is 9.59 Å². The molecule has 110 valence electrons. The third-order valence-corrected chi connectivity index (χ3v) is 2.88. The lowest BCUT2D eigenvalue weighted by Crippen LogP contribution is -2.29. The molecular formula is C15H17N3O3. The summed E-state index contributed by atoms with van der Waals surface area (Å²) in [5.74, 6) is -0.620. The summed E-state index contributed by atoms with van der Waals surface area (Å²) in [5.41, 5.74) is 0.925. The Morgan fingerprint density at radius 3 is 2.62 bits per heavy atom. The van der Waals surface area contributed by atoms with Gasteiger partial charge in [-0.2, -0.15) is 5.10 Å². The molecule has 0 spiro atoms. The summed E-state index contributed by atoms with van der Waals surface area (Å²) < 4.78 is 6.25. The monoisotopic (exact) mass is 287 g/mol. The Balaban J connectivity index is 2.57. The fourth-order valence-corrected chi connectivity index (χ4v) is 1.92. The SMILES string of the molecule is CCCn1nc(-c2ccncc2)cc(C(=O)OCC)c1=O. The molecule has 2 aromatic rings. The highest BCUT2D eigenvalue weighted by Gasteiger charge is 2.17. The van der Waals surface area contributed by atoms with Crippen molar-refractivity contribution in [1.29, 1.82) is 0 Å². The van der Waals surface area contributed by atoms with E-state index in [1.165, 1.54) is 10.7 Å². The van der Waals surface area contributed by atoms with Crippen LogP contribution in [0, 0.1) is 0 Å². The van der Waals surface area contributed by atoms with Crippen LogP contribution in [0.15, 0.2) is 35.4 Å². The molecule has 2 rings (SSSR count). The zero-order valence-electron chi connectivity index (χ0n) is 12.1. The Morgan fingerprint density at radius 1 is 1.29 bits per heavy atom. The first-order valence-corrected chi connectivity index (χ1v) is 6.87. The highest BCUT2D eigenvalue weighted by molar-refractivity contribution is 5.90. The second kappa shape index (κ2) is 6.78. The quantitative estimate of drug-likeness (QED) is 0.785. The maximum atomic E-state index is 12.2. The highest BCUT2D eigenvalue weighted by Crippen LogP contribution is 2.15. The maximum absolute atomic E-state index is 12.2. The van der Waals surface area contributed by atoms with Gasteiger partial charge in [0, 0.05) is 24.5 Å². The van der Waals surface area contributed by atoms with Crippen LogP contribution in [0.2, 0.25) is 0 Å². The first-order valence-electron chi connectivity index (χ1n) is 6.87. The van der Waals surface area contributed by atoms with E-state index in [1.807, 2.05) is 6.92 Å². The number of hydrogen-bond donors (Lipinski definition) is 0. The molecule has 0 saturated carbocycles. The summed E-state index contributed by atoms with van der Waals surface area (Å²) in [5, 5.41) is 4.30. The Hall–Kier alpha value is -2.50. The van der Waals surface area contributed by atoms with Crippen molar-refractivity contribution in [2.45, 2.75) is 26.8 Å². The van der Waals surface area contributed by atoms with E-state index < -0.39 is 11.5 Å². The highest BCUT2D eigenvalue weighted by atomic mass is 16.5. The predicted octanol–water partition coefficient (Wildman–Crippen LogP) is 1.89. The van der Waals surface area contributed by atoms with E-state index in [2.05, 4.69) is 10.1 Å². The second-order valence-electron chi connectivity index (χ2n) is 4.43. The van der Waals surface area contributed by atoms with Crippen LogP contribution in [-0.4, -0.2) is 27.3 Å². The first-order chi connectivity index (χ1) is 10.2. The van der Waals surface area contributed by atoms with Crippen LogP contribution < -0.4 is 5.56 Å². The van der Waals surface area contributed by atoms with E-state index in [0.29, 0.717) is 12.2 Å². The Labute approximate surface area is 122 Å². The van der Waals surface area contributed by atoms with Gasteiger partial charge < -0.3 is 4.74 Å². The lowest BCUT2D eigenvalue weighted by molar-refractivity contribution is 0.0523. The molecule has 0 atom stereocenters. The lowest BCUT2D eigenvalue weighted by atomic mass is 10.1. The van der Waals surface area contributed by atoms with E-state index >= 15 is 0 Å². The number of esters is 1. The van der Waals surface area contributed by atoms with E-state index in [0.717, 1.165) is 12.0 Å². The van der Waals surface area contributed by atoms with Gasteiger partial charge in [0.1, 0.15) is 5.56 Å². The van der Waals surface area contributed by atoms with Crippen LogP contribution in [0.25, 0.3) is 11.3 Å². The van der Waals surface area contributed by atoms with Gasteiger partial charge in [-0.25, -0.2) is 9.48 Å². The van der Waals surface area contributed by atoms with Crippen LogP contribution >= 0.6 is 0 Å². The van der Waals surface area contributed by atoms with Crippen molar-refractivity contribution >= 4 is 5.97 Å². The molecule has 0 radical (unpaired) electrons. The third-order valence-electron chi connectivity index (χ3n) is 2.88. The molecule has 6 heteroatoms. The van der Waals surface area contributed by atoms with Gasteiger partial charge in [-0.15, -0.1) is 0 Å². The average Bonchev–Trinajstić information content (AvgIpc) is 2.50. The van der Waals surface area contributed by atoms with Crippen molar-refractivity contribution in [3.8, 4) is 11.3 Å². The van der Waals surface area contributed by atoms with Gasteiger partial charge in [-0.3, -0.25) is 9.78 Å². The standard InChI is InChI=1S/C15H17N3O3/c1-3-9-18-14(19)12(15(20)21-4-2)10-13(17-18)11-5-7-16-8-6-11/h5-8,10H,3-4,9H2,1-2H3. The van der Waals surface area contributed by atoms with E-state index in [1.54, 1.807) is 31.5 Å². The minimum absolute atomic E-state index is 0.00659. The van der Waals surface area contributed by atoms with Gasteiger partial charge in [-0.1, -0.05) is 6.92 Å². The van der Waals surface area contributed by atoms with Crippen LogP contribution in [0.4, 0.5) is 0 Å². The molecule has 21 heavy (non-hydrogen) atoms. The molecule has 0 saturated heterocycles. The molecule has 0 fully saturated rings. The summed E-state index contributed by atoms with van der Waals surface area (Å²) in [7, 11) is 0. The average molecular weight is 287 g/mol. The number of rotatable bonds is 5. The van der Waals surface area contributed by atoms with Crippen LogP contribution in [0.5, 0.6) is 0 Å². The summed E-state index contributed by atoms with van der Waals surface area (Å²) in [6.45, 7) is 4.31. The third kappa shape index (κ3) is 3.34. The molecule has 0 aliphatic heterocycles. The van der Waals surface area contributed by atoms with Gasteiger partial charge in [0.15, 0.2) is 0 Å². The molecule has 0 N–H and O–H groups in total. The fourth-order valence-electron chi connectivity index (χ4n) is 1.92. The molecule has 0 bridgehead atoms. The van der Waals surface area contributed by atoms with E-state index in [4.69, 9.17) is 4.74 Å². The number of pyridine rings is 1. The molecule has 0 aliphatic rings. The van der Waals surface area contributed by atoms with Crippen LogP contribution in [-0.2, 0) is 11.3 Å². The molecule has 2 aromatic heterocycles. The van der Waals surface area contributed by atoms with Gasteiger partial charge in [0.2, 0.25) is 0 Å². The Morgan fingerprint density at radius 2 is 2.00 bits per heavy atom. The van der Waals surface area contributed by atoms with Crippen molar-refractivity contribution in [2.75, 3.05) is 6.61 Å². The number of nitrogens with zero attached hydrogens (tertiary/aromatic N) is 3. The molecule has 0 unspecified atom stereocenters. The zero-order chi connectivity index (χ0) is 15.2. The van der Waals surface area contributed by atoms with Gasteiger partial charge in [0.25, 0.3) is 5.56 Å². The number of carbonyl (C=O) groups is 1. The molecule has 0 aromatic carbocycles. The summed E-state index contributed by atoms with van der Waals surface area (Å²) >= 11 is 0. The number of hydrogen-bond acceptors (Lipinski definition) is 5. The van der Waals surface area contributed by atoms with Crippen molar-refractivity contribution in [1.82, 2.24) is 14.8 Å². The number of aryl methyl sites for hydroxylation is 1. The molecule has 0 aliphatic carbocycles. The van der Waals surface area contributed by atoms with Gasteiger partial charge in [0.05, 0.1) is 12.3 Å². The van der Waals surface area contributed by atoms with E-state index in [-0.39, 0.29) is 12.2 Å². The molecule has 2 heterocycles. The fraction of sp³-hybridized carbons (Fsp3) is 0.333. The van der Waals surface area contributed by atoms with Gasteiger partial charge in [-0.05, 0) is 31.5 Å². The lowest BCUT2D eigenvalue weighted by Gasteiger charge is -2.09. The molecule has 0 amide bonds. The summed E-state index contributed by atoms with van der Waals surface area (Å²) in [6, 6.07) is 5.03. The van der Waals surface area contributed by atoms with Crippen molar-refractivity contribution < 1.29 is 9.53 Å². The number of carbonyl (C=O) groups excluding carboxylic acids is 1. The maximum Gasteiger partial charge on any atom is 0.343 e. The second-order valence-corrected chi connectivity index (χ2v) is 4.43. The van der Waals surface area contributed by atoms with Crippen molar-refractivity contribution in [3.05, 3.63) is 46.5 Å². The first kappa shape index (κ1) is 14.9. The number of aromatic nitrogens is 3.